The predicted molar refractivity (Wildman–Crippen MR) is 80.6 cm³/mol. The van der Waals surface area contributed by atoms with Crippen LogP contribution in [-0.2, 0) is 0 Å². The summed E-state index contributed by atoms with van der Waals surface area (Å²) in [4.78, 5) is 13.0. The maximum Gasteiger partial charge on any atom is 0.134 e. The molecule has 3 heterocycles. The number of piperidine rings is 1. The van der Waals surface area contributed by atoms with Crippen LogP contribution in [-0.4, -0.2) is 71.7 Å². The van der Waals surface area contributed by atoms with Crippen LogP contribution in [0.5, 0.6) is 0 Å². The highest BCUT2D eigenvalue weighted by molar-refractivity contribution is 5.50. The van der Waals surface area contributed by atoms with E-state index in [1.807, 2.05) is 6.07 Å². The molecule has 3 N–H and O–H groups in total. The number of rotatable bonds is 2. The van der Waals surface area contributed by atoms with E-state index in [1.54, 1.807) is 6.33 Å². The van der Waals surface area contributed by atoms with Crippen LogP contribution in [0.2, 0.25) is 0 Å². The lowest BCUT2D eigenvalue weighted by atomic mass is 10.1. The monoisotopic (exact) mass is 293 g/mol. The Balaban J connectivity index is 1.73. The third-order valence-electron chi connectivity index (χ3n) is 4.12. The molecule has 0 unspecified atom stereocenters. The van der Waals surface area contributed by atoms with Crippen LogP contribution in [0.25, 0.3) is 0 Å². The third-order valence-corrected chi connectivity index (χ3v) is 4.12. The summed E-state index contributed by atoms with van der Waals surface area (Å²) in [5.74, 6) is 1.76. The fraction of sp³-hybridized carbons (Fsp3) is 0.714. The zero-order valence-electron chi connectivity index (χ0n) is 12.1. The Labute approximate surface area is 124 Å². The van der Waals surface area contributed by atoms with Crippen LogP contribution in [0.3, 0.4) is 0 Å². The minimum Gasteiger partial charge on any atom is -0.393 e. The van der Waals surface area contributed by atoms with Crippen molar-refractivity contribution in [1.82, 2.24) is 15.3 Å². The molecular weight excluding hydrogens is 270 g/mol. The average Bonchev–Trinajstić information content (AvgIpc) is 2.73. The summed E-state index contributed by atoms with van der Waals surface area (Å²) in [7, 11) is 0. The molecule has 0 aromatic carbocycles. The Morgan fingerprint density at radius 1 is 1.00 bits per heavy atom. The average molecular weight is 293 g/mol. The number of hydrogen-bond acceptors (Lipinski definition) is 7. The molecule has 1 aromatic rings. The number of aromatic nitrogens is 2. The summed E-state index contributed by atoms with van der Waals surface area (Å²) >= 11 is 0. The standard InChI is InChI=1S/C14H23N5O2/c20-11-1-4-18(5-2-11)13-7-14(17-10-16-13)19-6-3-15-8-12(21)9-19/h7,10-12,15,20-21H,1-6,8-9H2/t12-/m1/s1. The molecule has 0 spiro atoms. The van der Waals surface area contributed by atoms with E-state index in [1.165, 1.54) is 0 Å². The van der Waals surface area contributed by atoms with Gasteiger partial charge in [-0.3, -0.25) is 0 Å². The summed E-state index contributed by atoms with van der Waals surface area (Å²) in [5, 5.41) is 22.7. The number of anilines is 2. The van der Waals surface area contributed by atoms with E-state index in [2.05, 4.69) is 25.1 Å². The number of aliphatic hydroxyl groups is 2. The number of hydrogen-bond donors (Lipinski definition) is 3. The van der Waals surface area contributed by atoms with Crippen LogP contribution in [0, 0.1) is 0 Å². The van der Waals surface area contributed by atoms with Crippen LogP contribution in [0.1, 0.15) is 12.8 Å². The van der Waals surface area contributed by atoms with Crippen molar-refractivity contribution in [3.05, 3.63) is 12.4 Å². The Morgan fingerprint density at radius 3 is 2.48 bits per heavy atom. The Kier molecular flexibility index (Phi) is 4.52. The first-order valence-corrected chi connectivity index (χ1v) is 7.61. The Hall–Kier alpha value is -1.44. The van der Waals surface area contributed by atoms with Gasteiger partial charge in [-0.05, 0) is 12.8 Å². The van der Waals surface area contributed by atoms with Gasteiger partial charge in [-0.1, -0.05) is 0 Å². The van der Waals surface area contributed by atoms with Gasteiger partial charge in [0.25, 0.3) is 0 Å². The molecule has 3 rings (SSSR count). The van der Waals surface area contributed by atoms with E-state index in [4.69, 9.17) is 0 Å². The molecule has 2 saturated heterocycles. The van der Waals surface area contributed by atoms with Crippen molar-refractivity contribution in [3.8, 4) is 0 Å². The van der Waals surface area contributed by atoms with Crippen molar-refractivity contribution >= 4 is 11.6 Å². The lowest BCUT2D eigenvalue weighted by molar-refractivity contribution is 0.145. The lowest BCUT2D eigenvalue weighted by Gasteiger charge is -2.31. The predicted octanol–water partition coefficient (Wildman–Crippen LogP) is -0.792. The smallest absolute Gasteiger partial charge is 0.134 e. The fourth-order valence-electron chi connectivity index (χ4n) is 2.88. The maximum atomic E-state index is 9.88. The molecule has 2 fully saturated rings. The maximum absolute atomic E-state index is 9.88. The highest BCUT2D eigenvalue weighted by Crippen LogP contribution is 2.21. The Morgan fingerprint density at radius 2 is 1.71 bits per heavy atom. The molecule has 0 radical (unpaired) electrons. The first kappa shape index (κ1) is 14.5. The molecule has 0 saturated carbocycles. The van der Waals surface area contributed by atoms with Crippen molar-refractivity contribution in [2.24, 2.45) is 0 Å². The minimum atomic E-state index is -0.379. The second-order valence-corrected chi connectivity index (χ2v) is 5.76. The molecule has 116 valence electrons. The molecule has 1 atom stereocenters. The quantitative estimate of drug-likeness (QED) is 0.659. The van der Waals surface area contributed by atoms with Crippen molar-refractivity contribution in [2.45, 2.75) is 25.0 Å². The Bertz CT molecular complexity index is 464. The summed E-state index contributed by atoms with van der Waals surface area (Å²) in [6.45, 7) is 4.52. The van der Waals surface area contributed by atoms with Gasteiger partial charge in [0.2, 0.25) is 0 Å². The minimum absolute atomic E-state index is 0.186. The molecule has 21 heavy (non-hydrogen) atoms. The normalized spacial score (nSPS) is 25.0. The van der Waals surface area contributed by atoms with Gasteiger partial charge in [-0.25, -0.2) is 9.97 Å². The molecule has 2 aliphatic heterocycles. The topological polar surface area (TPSA) is 84.8 Å². The molecule has 1 aromatic heterocycles. The second-order valence-electron chi connectivity index (χ2n) is 5.76. The molecule has 0 aliphatic carbocycles. The van der Waals surface area contributed by atoms with Crippen molar-refractivity contribution < 1.29 is 10.2 Å². The van der Waals surface area contributed by atoms with Crippen LogP contribution in [0.4, 0.5) is 11.6 Å². The molecular formula is C14H23N5O2. The lowest BCUT2D eigenvalue weighted by Crippen LogP contribution is -2.37. The van der Waals surface area contributed by atoms with Crippen molar-refractivity contribution in [3.63, 3.8) is 0 Å². The summed E-state index contributed by atoms with van der Waals surface area (Å²) in [6, 6.07) is 1.98. The first-order chi connectivity index (χ1) is 10.2. The van der Waals surface area contributed by atoms with Gasteiger partial charge in [0, 0.05) is 45.3 Å². The molecule has 7 nitrogen and oxygen atoms in total. The number of nitrogens with one attached hydrogen (secondary N) is 1. The van der Waals surface area contributed by atoms with E-state index in [0.29, 0.717) is 13.1 Å². The number of β-amino-alcohol motifs (C(OH)–C–C–N with tert-alkyl or cyclic N) is 1. The van der Waals surface area contributed by atoms with Crippen LogP contribution in [0.15, 0.2) is 12.4 Å². The summed E-state index contributed by atoms with van der Waals surface area (Å²) < 4.78 is 0. The van der Waals surface area contributed by atoms with E-state index in [-0.39, 0.29) is 12.2 Å². The van der Waals surface area contributed by atoms with E-state index in [9.17, 15) is 10.2 Å². The van der Waals surface area contributed by atoms with Gasteiger partial charge in [0.05, 0.1) is 12.2 Å². The van der Waals surface area contributed by atoms with E-state index < -0.39 is 0 Å². The molecule has 7 heteroatoms. The number of nitrogens with zero attached hydrogens (tertiary/aromatic N) is 4. The summed E-state index contributed by atoms with van der Waals surface area (Å²) in [6.07, 6.45) is 2.59. The van der Waals surface area contributed by atoms with E-state index >= 15 is 0 Å². The molecule has 2 aliphatic rings. The van der Waals surface area contributed by atoms with Gasteiger partial charge in [0.1, 0.15) is 18.0 Å². The fourth-order valence-corrected chi connectivity index (χ4v) is 2.88. The van der Waals surface area contributed by atoms with Crippen molar-refractivity contribution in [2.75, 3.05) is 49.1 Å². The van der Waals surface area contributed by atoms with Gasteiger partial charge < -0.3 is 25.3 Å². The SMILES string of the molecule is OC1CCN(c2cc(N3CCNC[C@@H](O)C3)ncn2)CC1. The highest BCUT2D eigenvalue weighted by Gasteiger charge is 2.21. The molecule has 0 bridgehead atoms. The van der Waals surface area contributed by atoms with Gasteiger partial charge in [-0.15, -0.1) is 0 Å². The first-order valence-electron chi connectivity index (χ1n) is 7.61. The van der Waals surface area contributed by atoms with E-state index in [0.717, 1.165) is 50.7 Å². The molecule has 0 amide bonds. The second kappa shape index (κ2) is 6.55. The van der Waals surface area contributed by atoms with Crippen LogP contribution >= 0.6 is 0 Å². The third kappa shape index (κ3) is 3.61. The van der Waals surface area contributed by atoms with Gasteiger partial charge >= 0.3 is 0 Å². The largest absolute Gasteiger partial charge is 0.393 e. The zero-order chi connectivity index (χ0) is 14.7. The highest BCUT2D eigenvalue weighted by atomic mass is 16.3. The zero-order valence-corrected chi connectivity index (χ0v) is 12.1. The van der Waals surface area contributed by atoms with Crippen molar-refractivity contribution in [1.29, 1.82) is 0 Å². The summed E-state index contributed by atoms with van der Waals surface area (Å²) in [5.41, 5.74) is 0. The van der Waals surface area contributed by atoms with Gasteiger partial charge in [0.15, 0.2) is 0 Å². The van der Waals surface area contributed by atoms with Crippen LogP contribution < -0.4 is 15.1 Å². The number of aliphatic hydroxyl groups excluding tert-OH is 2. The van der Waals surface area contributed by atoms with Gasteiger partial charge in [-0.2, -0.15) is 0 Å².